The Morgan fingerprint density at radius 2 is 2.00 bits per heavy atom. The molecule has 0 unspecified atom stereocenters. The fourth-order valence-electron chi connectivity index (χ4n) is 0.647. The number of hydrazone groups is 1. The number of carboxylic acid groups (broad SMARTS) is 1. The van der Waals surface area contributed by atoms with E-state index in [1.165, 1.54) is 0 Å². The summed E-state index contributed by atoms with van der Waals surface area (Å²) >= 11 is 4.49. The lowest BCUT2D eigenvalue weighted by Crippen LogP contribution is -2.34. The summed E-state index contributed by atoms with van der Waals surface area (Å²) in [5.41, 5.74) is 6.79. The van der Waals surface area contributed by atoms with Gasteiger partial charge >= 0.3 is 5.97 Å². The number of thiocarbonyl (C=S) groups is 1. The van der Waals surface area contributed by atoms with Gasteiger partial charge in [-0.1, -0.05) is 20.8 Å². The normalized spacial score (nSPS) is 12.4. The molecule has 0 aliphatic rings. The first kappa shape index (κ1) is 11.8. The number of carbonyl (C=O) groups is 1. The first-order valence-electron chi connectivity index (χ1n) is 3.62. The molecule has 0 spiro atoms. The van der Waals surface area contributed by atoms with Gasteiger partial charge in [-0.05, 0) is 12.2 Å². The predicted octanol–water partition coefficient (Wildman–Crippen LogP) is 0.306. The van der Waals surface area contributed by atoms with Gasteiger partial charge in [0, 0.05) is 5.41 Å². The van der Waals surface area contributed by atoms with Gasteiger partial charge in [-0.25, -0.2) is 4.79 Å². The molecule has 0 fully saturated rings. The molecule has 0 bridgehead atoms. The zero-order chi connectivity index (χ0) is 10.6. The second kappa shape index (κ2) is 4.18. The van der Waals surface area contributed by atoms with E-state index in [4.69, 9.17) is 10.8 Å². The van der Waals surface area contributed by atoms with Crippen LogP contribution in [-0.4, -0.2) is 21.9 Å². The first-order chi connectivity index (χ1) is 5.75. The van der Waals surface area contributed by atoms with Crippen LogP contribution in [0.25, 0.3) is 0 Å². The van der Waals surface area contributed by atoms with E-state index >= 15 is 0 Å². The Hall–Kier alpha value is -1.17. The third kappa shape index (κ3) is 4.41. The number of nitrogens with one attached hydrogen (secondary N) is 1. The van der Waals surface area contributed by atoms with Crippen LogP contribution in [0.4, 0.5) is 0 Å². The number of nitrogens with zero attached hydrogens (tertiary/aromatic N) is 1. The Labute approximate surface area is 82.0 Å². The summed E-state index contributed by atoms with van der Waals surface area (Å²) in [5.74, 6) is -1.09. The zero-order valence-electron chi connectivity index (χ0n) is 7.79. The second-order valence-corrected chi connectivity index (χ2v) is 3.93. The van der Waals surface area contributed by atoms with E-state index in [2.05, 4.69) is 22.7 Å². The lowest BCUT2D eigenvalue weighted by molar-refractivity contribution is -0.129. The van der Waals surface area contributed by atoms with Crippen LogP contribution in [0.1, 0.15) is 20.8 Å². The number of carboxylic acids is 1. The van der Waals surface area contributed by atoms with E-state index in [1.54, 1.807) is 20.8 Å². The molecule has 13 heavy (non-hydrogen) atoms. The molecule has 0 amide bonds. The fourth-order valence-corrected chi connectivity index (χ4v) is 0.693. The Morgan fingerprint density at radius 3 is 2.23 bits per heavy atom. The van der Waals surface area contributed by atoms with Gasteiger partial charge in [0.1, 0.15) is 0 Å². The van der Waals surface area contributed by atoms with Crippen molar-refractivity contribution in [2.45, 2.75) is 20.8 Å². The van der Waals surface area contributed by atoms with Gasteiger partial charge in [-0.2, -0.15) is 5.10 Å². The highest BCUT2D eigenvalue weighted by Gasteiger charge is 2.25. The van der Waals surface area contributed by atoms with Gasteiger partial charge in [0.15, 0.2) is 10.8 Å². The molecule has 4 N–H and O–H groups in total. The molecule has 0 saturated carbocycles. The van der Waals surface area contributed by atoms with Crippen LogP contribution in [0.3, 0.4) is 0 Å². The number of aliphatic carboxylic acids is 1. The topological polar surface area (TPSA) is 87.7 Å². The monoisotopic (exact) mass is 203 g/mol. The highest BCUT2D eigenvalue weighted by atomic mass is 32.1. The van der Waals surface area contributed by atoms with Gasteiger partial charge in [-0.15, -0.1) is 0 Å². The first-order valence-corrected chi connectivity index (χ1v) is 4.03. The third-order valence-electron chi connectivity index (χ3n) is 1.19. The summed E-state index contributed by atoms with van der Waals surface area (Å²) in [7, 11) is 0. The smallest absolute Gasteiger partial charge is 0.352 e. The van der Waals surface area contributed by atoms with Crippen LogP contribution in [-0.2, 0) is 4.79 Å². The van der Waals surface area contributed by atoms with E-state index in [-0.39, 0.29) is 10.8 Å². The quantitative estimate of drug-likeness (QED) is 0.341. The van der Waals surface area contributed by atoms with Crippen molar-refractivity contribution >= 4 is 29.0 Å². The Bertz CT molecular complexity index is 255. The molecule has 0 saturated heterocycles. The maximum atomic E-state index is 10.7. The second-order valence-electron chi connectivity index (χ2n) is 3.49. The summed E-state index contributed by atoms with van der Waals surface area (Å²) in [5, 5.41) is 12.3. The van der Waals surface area contributed by atoms with Gasteiger partial charge < -0.3 is 10.8 Å². The molecule has 0 rings (SSSR count). The summed E-state index contributed by atoms with van der Waals surface area (Å²) < 4.78 is 0. The third-order valence-corrected chi connectivity index (χ3v) is 1.28. The molecule has 6 heteroatoms. The van der Waals surface area contributed by atoms with E-state index < -0.39 is 11.4 Å². The maximum absolute atomic E-state index is 10.7. The van der Waals surface area contributed by atoms with Gasteiger partial charge in [0.05, 0.1) is 0 Å². The van der Waals surface area contributed by atoms with Gasteiger partial charge in [0.2, 0.25) is 0 Å². The van der Waals surface area contributed by atoms with Crippen LogP contribution >= 0.6 is 12.2 Å². The van der Waals surface area contributed by atoms with Crippen LogP contribution in [0.2, 0.25) is 0 Å². The molecule has 0 aliphatic carbocycles. The fraction of sp³-hybridized carbons (Fsp3) is 0.571. The average molecular weight is 203 g/mol. The van der Waals surface area contributed by atoms with E-state index in [0.29, 0.717) is 0 Å². The van der Waals surface area contributed by atoms with Crippen molar-refractivity contribution in [3.8, 4) is 0 Å². The SMILES string of the molecule is CC(C)(C)C(=NNC(N)=S)C(=O)O. The summed E-state index contributed by atoms with van der Waals surface area (Å²) in [6.45, 7) is 5.21. The number of hydrogen-bond donors (Lipinski definition) is 3. The zero-order valence-corrected chi connectivity index (χ0v) is 8.60. The maximum Gasteiger partial charge on any atom is 0.352 e. The molecule has 0 aromatic heterocycles. The highest BCUT2D eigenvalue weighted by molar-refractivity contribution is 7.80. The van der Waals surface area contributed by atoms with Gasteiger partial charge in [0.25, 0.3) is 0 Å². The predicted molar refractivity (Wildman–Crippen MR) is 54.4 cm³/mol. The van der Waals surface area contributed by atoms with Crippen molar-refractivity contribution in [3.63, 3.8) is 0 Å². The summed E-state index contributed by atoms with van der Waals surface area (Å²) in [4.78, 5) is 10.7. The lowest BCUT2D eigenvalue weighted by Gasteiger charge is -2.17. The van der Waals surface area contributed by atoms with Crippen molar-refractivity contribution in [2.75, 3.05) is 0 Å². The van der Waals surface area contributed by atoms with Crippen molar-refractivity contribution in [1.82, 2.24) is 5.43 Å². The van der Waals surface area contributed by atoms with Crippen LogP contribution in [0, 0.1) is 5.41 Å². The van der Waals surface area contributed by atoms with Gasteiger partial charge in [-0.3, -0.25) is 5.43 Å². The minimum atomic E-state index is -1.09. The molecule has 0 heterocycles. The molecular weight excluding hydrogens is 190 g/mol. The van der Waals surface area contributed by atoms with Crippen LogP contribution < -0.4 is 11.2 Å². The number of hydrogen-bond acceptors (Lipinski definition) is 3. The minimum absolute atomic E-state index is 0.0136. The largest absolute Gasteiger partial charge is 0.477 e. The molecule has 0 aromatic rings. The van der Waals surface area contributed by atoms with E-state index in [9.17, 15) is 4.79 Å². The molecule has 5 nitrogen and oxygen atoms in total. The molecule has 0 atom stereocenters. The van der Waals surface area contributed by atoms with Crippen LogP contribution in [0.5, 0.6) is 0 Å². The number of nitrogens with two attached hydrogens (primary N) is 1. The average Bonchev–Trinajstić information content (AvgIpc) is 1.81. The van der Waals surface area contributed by atoms with Crippen molar-refractivity contribution in [3.05, 3.63) is 0 Å². The molecule has 74 valence electrons. The number of rotatable bonds is 2. The minimum Gasteiger partial charge on any atom is -0.477 e. The van der Waals surface area contributed by atoms with Crippen molar-refractivity contribution < 1.29 is 9.90 Å². The van der Waals surface area contributed by atoms with Crippen molar-refractivity contribution in [2.24, 2.45) is 16.3 Å². The Balaban J connectivity index is 4.72. The van der Waals surface area contributed by atoms with Crippen LogP contribution in [0.15, 0.2) is 5.10 Å². The Morgan fingerprint density at radius 1 is 1.54 bits per heavy atom. The molecule has 0 aliphatic heterocycles. The summed E-state index contributed by atoms with van der Waals surface area (Å²) in [6.07, 6.45) is 0. The van der Waals surface area contributed by atoms with Crippen molar-refractivity contribution in [1.29, 1.82) is 0 Å². The van der Waals surface area contributed by atoms with E-state index in [1.807, 2.05) is 0 Å². The van der Waals surface area contributed by atoms with E-state index in [0.717, 1.165) is 0 Å². The standard InChI is InChI=1S/C7H13N3O2S/c1-7(2,3)4(5(11)12)9-10-6(8)13/h1-3H3,(H,11,12)(H3,8,10,13). The highest BCUT2D eigenvalue weighted by Crippen LogP contribution is 2.15. The summed E-state index contributed by atoms with van der Waals surface area (Å²) in [6, 6.07) is 0. The lowest BCUT2D eigenvalue weighted by atomic mass is 9.90. The molecule has 0 aromatic carbocycles. The molecule has 0 radical (unpaired) electrons. The Kier molecular flexibility index (Phi) is 3.80. The molecular formula is C7H13N3O2S.